The highest BCUT2D eigenvalue weighted by atomic mass is 16.1. The van der Waals surface area contributed by atoms with Gasteiger partial charge in [0, 0.05) is 6.42 Å². The Kier molecular flexibility index (Phi) is 4.55. The lowest BCUT2D eigenvalue weighted by molar-refractivity contribution is 0.383. The molecule has 1 fully saturated rings. The zero-order valence-corrected chi connectivity index (χ0v) is 13.0. The number of hydrogen-bond acceptors (Lipinski definition) is 3. The van der Waals surface area contributed by atoms with E-state index in [2.05, 4.69) is 21.7 Å². The van der Waals surface area contributed by atoms with E-state index in [1.807, 2.05) is 31.2 Å². The molecule has 114 valence electrons. The van der Waals surface area contributed by atoms with Crippen LogP contribution < -0.4 is 5.56 Å². The van der Waals surface area contributed by atoms with Gasteiger partial charge in [-0.15, -0.1) is 0 Å². The number of aryl methyl sites for hydroxylation is 1. The van der Waals surface area contributed by atoms with Gasteiger partial charge >= 0.3 is 0 Å². The van der Waals surface area contributed by atoms with Gasteiger partial charge in [-0.25, -0.2) is 4.98 Å². The number of benzene rings is 1. The average Bonchev–Trinajstić information content (AvgIpc) is 3.06. The quantitative estimate of drug-likeness (QED) is 0.814. The van der Waals surface area contributed by atoms with Crippen LogP contribution in [-0.4, -0.2) is 34.1 Å². The number of aromatic nitrogens is 2. The van der Waals surface area contributed by atoms with Gasteiger partial charge in [0.15, 0.2) is 0 Å². The number of rotatable bonds is 3. The molecule has 3 rings (SSSR count). The molecule has 1 aliphatic heterocycles. The van der Waals surface area contributed by atoms with Crippen molar-refractivity contribution >= 4 is 10.9 Å². The van der Waals surface area contributed by atoms with Crippen LogP contribution in [0, 0.1) is 11.8 Å². The highest BCUT2D eigenvalue weighted by molar-refractivity contribution is 5.77. The van der Waals surface area contributed by atoms with Crippen molar-refractivity contribution in [1.82, 2.24) is 14.5 Å². The van der Waals surface area contributed by atoms with Crippen molar-refractivity contribution < 1.29 is 0 Å². The van der Waals surface area contributed by atoms with E-state index < -0.39 is 0 Å². The lowest BCUT2D eigenvalue weighted by atomic mass is 10.2. The molecule has 2 aromatic rings. The molecule has 1 aliphatic rings. The third-order valence-corrected chi connectivity index (χ3v) is 4.12. The fourth-order valence-electron chi connectivity index (χ4n) is 2.89. The maximum Gasteiger partial charge on any atom is 0.262 e. The van der Waals surface area contributed by atoms with Crippen LogP contribution >= 0.6 is 0 Å². The van der Waals surface area contributed by atoms with Crippen molar-refractivity contribution in [2.45, 2.75) is 32.7 Å². The second-order valence-corrected chi connectivity index (χ2v) is 5.63. The second kappa shape index (κ2) is 6.76. The minimum Gasteiger partial charge on any atom is -0.292 e. The zero-order valence-electron chi connectivity index (χ0n) is 13.0. The molecule has 0 amide bonds. The Morgan fingerprint density at radius 2 is 1.86 bits per heavy atom. The standard InChI is InChI=1S/C18H21N3O/c1-2-17-19-16-10-4-3-9-15(16)18(22)21(17)14-8-7-13-20-11-5-6-12-20/h3-4,9-10H,2,5-6,11-14H2,1H3. The van der Waals surface area contributed by atoms with Gasteiger partial charge in [0.05, 0.1) is 24.0 Å². The highest BCUT2D eigenvalue weighted by Crippen LogP contribution is 2.08. The molecule has 1 aromatic carbocycles. The number of nitrogens with zero attached hydrogens (tertiary/aromatic N) is 3. The largest absolute Gasteiger partial charge is 0.292 e. The molecule has 0 atom stereocenters. The van der Waals surface area contributed by atoms with Gasteiger partial charge in [-0.2, -0.15) is 0 Å². The van der Waals surface area contributed by atoms with E-state index in [4.69, 9.17) is 0 Å². The number of likely N-dealkylation sites (tertiary alicyclic amines) is 1. The van der Waals surface area contributed by atoms with E-state index >= 15 is 0 Å². The summed E-state index contributed by atoms with van der Waals surface area (Å²) in [6.07, 6.45) is 3.28. The molecule has 0 aliphatic carbocycles. The monoisotopic (exact) mass is 295 g/mol. The minimum atomic E-state index is 0.0120. The van der Waals surface area contributed by atoms with Gasteiger partial charge in [0.1, 0.15) is 5.82 Å². The van der Waals surface area contributed by atoms with E-state index in [1.165, 1.54) is 12.8 Å². The van der Waals surface area contributed by atoms with Gasteiger partial charge in [-0.3, -0.25) is 14.3 Å². The molecule has 1 aromatic heterocycles. The normalized spacial score (nSPS) is 15.0. The first-order valence-electron chi connectivity index (χ1n) is 7.96. The van der Waals surface area contributed by atoms with Crippen LogP contribution in [0.3, 0.4) is 0 Å². The number of para-hydroxylation sites is 1. The van der Waals surface area contributed by atoms with Crippen molar-refractivity contribution in [1.29, 1.82) is 0 Å². The summed E-state index contributed by atoms with van der Waals surface area (Å²) in [6, 6.07) is 7.51. The summed E-state index contributed by atoms with van der Waals surface area (Å²) in [5.74, 6) is 7.14. The maximum absolute atomic E-state index is 12.6. The Bertz CT molecular complexity index is 776. The van der Waals surface area contributed by atoms with Crippen LogP contribution in [0.25, 0.3) is 10.9 Å². The van der Waals surface area contributed by atoms with E-state index in [9.17, 15) is 4.79 Å². The second-order valence-electron chi connectivity index (χ2n) is 5.63. The first-order valence-corrected chi connectivity index (χ1v) is 7.96. The molecule has 4 nitrogen and oxygen atoms in total. The SMILES string of the molecule is CCc1nc2ccccc2c(=O)n1CC#CCN1CCCC1. The molecule has 2 heterocycles. The Labute approximate surface area is 130 Å². The van der Waals surface area contributed by atoms with Gasteiger partial charge in [-0.05, 0) is 38.1 Å². The molecular weight excluding hydrogens is 274 g/mol. The molecule has 1 saturated heterocycles. The smallest absolute Gasteiger partial charge is 0.262 e. The van der Waals surface area contributed by atoms with Gasteiger partial charge < -0.3 is 0 Å². The summed E-state index contributed by atoms with van der Waals surface area (Å²) in [5.41, 5.74) is 0.781. The first-order chi connectivity index (χ1) is 10.8. The van der Waals surface area contributed by atoms with Crippen LogP contribution in [0.5, 0.6) is 0 Å². The van der Waals surface area contributed by atoms with Crippen molar-refractivity contribution in [2.75, 3.05) is 19.6 Å². The summed E-state index contributed by atoms with van der Waals surface area (Å²) in [7, 11) is 0. The summed E-state index contributed by atoms with van der Waals surface area (Å²) in [5, 5.41) is 0.668. The molecule has 0 unspecified atom stereocenters. The van der Waals surface area contributed by atoms with Crippen LogP contribution in [0.1, 0.15) is 25.6 Å². The van der Waals surface area contributed by atoms with Crippen LogP contribution in [0.2, 0.25) is 0 Å². The van der Waals surface area contributed by atoms with Gasteiger partial charge in [0.2, 0.25) is 0 Å². The summed E-state index contributed by atoms with van der Waals surface area (Å²) in [4.78, 5) is 19.6. The number of hydrogen-bond donors (Lipinski definition) is 0. The van der Waals surface area contributed by atoms with E-state index in [0.29, 0.717) is 11.9 Å². The van der Waals surface area contributed by atoms with Crippen LogP contribution in [-0.2, 0) is 13.0 Å². The zero-order chi connectivity index (χ0) is 15.4. The Balaban J connectivity index is 1.84. The van der Waals surface area contributed by atoms with Crippen LogP contribution in [0.15, 0.2) is 29.1 Å². The summed E-state index contributed by atoms with van der Waals surface area (Å²) in [6.45, 7) is 5.54. The topological polar surface area (TPSA) is 38.1 Å². The Morgan fingerprint density at radius 1 is 1.14 bits per heavy atom. The molecule has 0 N–H and O–H groups in total. The summed E-state index contributed by atoms with van der Waals surface area (Å²) >= 11 is 0. The number of fused-ring (bicyclic) bond motifs is 1. The Hall–Kier alpha value is -2.12. The van der Waals surface area contributed by atoms with Crippen molar-refractivity contribution in [3.8, 4) is 11.8 Å². The predicted molar refractivity (Wildman–Crippen MR) is 88.8 cm³/mol. The fourth-order valence-corrected chi connectivity index (χ4v) is 2.89. The molecule has 0 saturated carbocycles. The maximum atomic E-state index is 12.6. The predicted octanol–water partition coefficient (Wildman–Crippen LogP) is 2.06. The van der Waals surface area contributed by atoms with Gasteiger partial charge in [0.25, 0.3) is 5.56 Å². The lowest BCUT2D eigenvalue weighted by Gasteiger charge is -2.10. The van der Waals surface area contributed by atoms with Gasteiger partial charge in [-0.1, -0.05) is 30.9 Å². The highest BCUT2D eigenvalue weighted by Gasteiger charge is 2.10. The van der Waals surface area contributed by atoms with Crippen molar-refractivity contribution in [2.24, 2.45) is 0 Å². The van der Waals surface area contributed by atoms with E-state index in [1.54, 1.807) is 4.57 Å². The minimum absolute atomic E-state index is 0.0120. The van der Waals surface area contributed by atoms with E-state index in [0.717, 1.165) is 37.4 Å². The van der Waals surface area contributed by atoms with E-state index in [-0.39, 0.29) is 5.56 Å². The lowest BCUT2D eigenvalue weighted by Crippen LogP contribution is -2.25. The molecular formula is C18H21N3O. The molecule has 0 bridgehead atoms. The third-order valence-electron chi connectivity index (χ3n) is 4.12. The molecule has 0 spiro atoms. The fraction of sp³-hybridized carbons (Fsp3) is 0.444. The van der Waals surface area contributed by atoms with Crippen molar-refractivity contribution in [3.05, 3.63) is 40.4 Å². The molecule has 0 radical (unpaired) electrons. The average molecular weight is 295 g/mol. The molecule has 4 heteroatoms. The first kappa shape index (κ1) is 14.8. The third kappa shape index (κ3) is 3.05. The summed E-state index contributed by atoms with van der Waals surface area (Å²) < 4.78 is 1.71. The van der Waals surface area contributed by atoms with Crippen molar-refractivity contribution in [3.63, 3.8) is 0 Å². The Morgan fingerprint density at radius 3 is 2.64 bits per heavy atom. The van der Waals surface area contributed by atoms with Crippen LogP contribution in [0.4, 0.5) is 0 Å². The molecule has 22 heavy (non-hydrogen) atoms.